The molecule has 0 aliphatic carbocycles. The van der Waals surface area contributed by atoms with Crippen LogP contribution in [0.4, 0.5) is 5.69 Å². The van der Waals surface area contributed by atoms with E-state index in [1.165, 1.54) is 6.92 Å². The SMILES string of the molecule is COc1ccc(NC(=O)[C@@H]2CCCN(S(=O)(=O)c3c(C)[nH]c(=O)[nH]c3=O)C2)cc1. The number of rotatable bonds is 5. The number of hydrogen-bond donors (Lipinski definition) is 3. The summed E-state index contributed by atoms with van der Waals surface area (Å²) in [5.74, 6) is -0.218. The Labute approximate surface area is 167 Å². The molecule has 1 amide bonds. The molecule has 1 fully saturated rings. The van der Waals surface area contributed by atoms with E-state index in [0.717, 1.165) is 4.31 Å². The number of sulfonamides is 1. The van der Waals surface area contributed by atoms with Crippen molar-refractivity contribution in [2.75, 3.05) is 25.5 Å². The average Bonchev–Trinajstić information content (AvgIpc) is 2.67. The molecule has 0 saturated carbocycles. The zero-order chi connectivity index (χ0) is 21.2. The summed E-state index contributed by atoms with van der Waals surface area (Å²) in [5.41, 5.74) is -1.22. The number of methoxy groups -OCH3 is 1. The Kier molecular flexibility index (Phi) is 5.89. The molecular weight excluding hydrogens is 400 g/mol. The van der Waals surface area contributed by atoms with Crippen molar-refractivity contribution in [3.8, 4) is 5.75 Å². The topological polar surface area (TPSA) is 141 Å². The van der Waals surface area contributed by atoms with E-state index < -0.39 is 32.1 Å². The van der Waals surface area contributed by atoms with Crippen LogP contribution in [0.2, 0.25) is 0 Å². The molecule has 156 valence electrons. The van der Waals surface area contributed by atoms with Crippen molar-refractivity contribution < 1.29 is 17.9 Å². The largest absolute Gasteiger partial charge is 0.497 e. The summed E-state index contributed by atoms with van der Waals surface area (Å²) in [7, 11) is -2.62. The summed E-state index contributed by atoms with van der Waals surface area (Å²) < 4.78 is 32.1. The van der Waals surface area contributed by atoms with Crippen molar-refractivity contribution in [3.05, 3.63) is 50.8 Å². The minimum atomic E-state index is -4.17. The second-order valence-corrected chi connectivity index (χ2v) is 8.66. The number of aromatic amines is 2. The fourth-order valence-corrected chi connectivity index (χ4v) is 5.05. The third kappa shape index (κ3) is 4.40. The maximum atomic E-state index is 13.0. The molecule has 2 aromatic rings. The summed E-state index contributed by atoms with van der Waals surface area (Å²) in [6.45, 7) is 1.48. The number of nitrogens with zero attached hydrogens (tertiary/aromatic N) is 1. The number of nitrogens with one attached hydrogen (secondary N) is 3. The number of ether oxygens (including phenoxy) is 1. The van der Waals surface area contributed by atoms with Gasteiger partial charge in [-0.25, -0.2) is 13.2 Å². The number of aryl methyl sites for hydroxylation is 1. The van der Waals surface area contributed by atoms with Gasteiger partial charge in [0.2, 0.25) is 15.9 Å². The van der Waals surface area contributed by atoms with E-state index in [2.05, 4.69) is 10.3 Å². The van der Waals surface area contributed by atoms with Gasteiger partial charge in [-0.15, -0.1) is 0 Å². The van der Waals surface area contributed by atoms with Crippen molar-refractivity contribution in [1.82, 2.24) is 14.3 Å². The van der Waals surface area contributed by atoms with Gasteiger partial charge in [-0.2, -0.15) is 4.31 Å². The molecule has 0 radical (unpaired) electrons. The minimum Gasteiger partial charge on any atom is -0.497 e. The van der Waals surface area contributed by atoms with Gasteiger partial charge in [0.15, 0.2) is 4.90 Å². The smallest absolute Gasteiger partial charge is 0.325 e. The molecule has 0 unspecified atom stereocenters. The molecule has 3 N–H and O–H groups in total. The zero-order valence-corrected chi connectivity index (χ0v) is 16.8. The van der Waals surface area contributed by atoms with Gasteiger partial charge in [0.25, 0.3) is 5.56 Å². The maximum absolute atomic E-state index is 13.0. The third-order valence-corrected chi connectivity index (χ3v) is 6.80. The Balaban J connectivity index is 1.78. The normalized spacial score (nSPS) is 17.7. The van der Waals surface area contributed by atoms with Crippen LogP contribution >= 0.6 is 0 Å². The highest BCUT2D eigenvalue weighted by atomic mass is 32.2. The van der Waals surface area contributed by atoms with Crippen LogP contribution in [-0.2, 0) is 14.8 Å². The molecule has 2 heterocycles. The number of benzene rings is 1. The van der Waals surface area contributed by atoms with E-state index >= 15 is 0 Å². The standard InChI is InChI=1S/C18H22N4O6S/c1-11-15(17(24)21-18(25)19-11)29(26,27)22-9-3-4-12(10-22)16(23)20-13-5-7-14(28-2)8-6-13/h5-8,12H,3-4,9-10H2,1-2H3,(H,20,23)(H2,19,21,24,25)/t12-/m1/s1. The summed E-state index contributed by atoms with van der Waals surface area (Å²) >= 11 is 0. The first kappa shape index (κ1) is 20.8. The first-order chi connectivity index (χ1) is 13.7. The number of carbonyl (C=O) groups excluding carboxylic acids is 1. The van der Waals surface area contributed by atoms with Gasteiger partial charge in [-0.3, -0.25) is 14.6 Å². The van der Waals surface area contributed by atoms with Gasteiger partial charge >= 0.3 is 5.69 Å². The van der Waals surface area contributed by atoms with Crippen molar-refractivity contribution in [2.45, 2.75) is 24.7 Å². The summed E-state index contributed by atoms with van der Waals surface area (Å²) in [5, 5.41) is 2.77. The van der Waals surface area contributed by atoms with Gasteiger partial charge in [-0.05, 0) is 44.0 Å². The number of piperidine rings is 1. The van der Waals surface area contributed by atoms with E-state index in [-0.39, 0.29) is 24.7 Å². The highest BCUT2D eigenvalue weighted by Crippen LogP contribution is 2.24. The van der Waals surface area contributed by atoms with Crippen LogP contribution in [0.15, 0.2) is 38.8 Å². The first-order valence-electron chi connectivity index (χ1n) is 9.00. The van der Waals surface area contributed by atoms with Gasteiger partial charge in [-0.1, -0.05) is 0 Å². The Morgan fingerprint density at radius 1 is 1.21 bits per heavy atom. The lowest BCUT2D eigenvalue weighted by Crippen LogP contribution is -2.45. The van der Waals surface area contributed by atoms with Gasteiger partial charge in [0.1, 0.15) is 5.75 Å². The molecule has 29 heavy (non-hydrogen) atoms. The molecule has 0 spiro atoms. The Morgan fingerprint density at radius 2 is 1.90 bits per heavy atom. The number of hydrogen-bond acceptors (Lipinski definition) is 6. The van der Waals surface area contributed by atoms with Crippen molar-refractivity contribution in [3.63, 3.8) is 0 Å². The lowest BCUT2D eigenvalue weighted by molar-refractivity contribution is -0.120. The fourth-order valence-electron chi connectivity index (χ4n) is 3.32. The Morgan fingerprint density at radius 3 is 2.52 bits per heavy atom. The van der Waals surface area contributed by atoms with Crippen LogP contribution in [0.5, 0.6) is 5.75 Å². The summed E-state index contributed by atoms with van der Waals surface area (Å²) in [4.78, 5) is 39.8. The number of anilines is 1. The van der Waals surface area contributed by atoms with E-state index in [4.69, 9.17) is 4.74 Å². The monoisotopic (exact) mass is 422 g/mol. The molecule has 1 saturated heterocycles. The van der Waals surface area contributed by atoms with Gasteiger partial charge in [0.05, 0.1) is 13.0 Å². The maximum Gasteiger partial charge on any atom is 0.325 e. The van der Waals surface area contributed by atoms with Gasteiger partial charge in [0, 0.05) is 24.5 Å². The van der Waals surface area contributed by atoms with Crippen molar-refractivity contribution >= 4 is 21.6 Å². The van der Waals surface area contributed by atoms with E-state index in [1.54, 1.807) is 31.4 Å². The average molecular weight is 422 g/mol. The van der Waals surface area contributed by atoms with Crippen LogP contribution in [0.1, 0.15) is 18.5 Å². The third-order valence-electron chi connectivity index (χ3n) is 4.79. The highest BCUT2D eigenvalue weighted by Gasteiger charge is 2.35. The minimum absolute atomic E-state index is 0.0384. The molecule has 11 heteroatoms. The predicted molar refractivity (Wildman–Crippen MR) is 106 cm³/mol. The molecule has 1 aliphatic heterocycles. The molecule has 10 nitrogen and oxygen atoms in total. The number of H-pyrrole nitrogens is 2. The predicted octanol–water partition coefficient (Wildman–Crippen LogP) is 0.420. The zero-order valence-electron chi connectivity index (χ0n) is 16.0. The van der Waals surface area contributed by atoms with Crippen LogP contribution in [0.25, 0.3) is 0 Å². The second kappa shape index (κ2) is 8.21. The molecule has 1 aromatic heterocycles. The molecule has 3 rings (SSSR count). The van der Waals surface area contributed by atoms with Crippen LogP contribution < -0.4 is 21.3 Å². The Bertz CT molecular complexity index is 1120. The lowest BCUT2D eigenvalue weighted by atomic mass is 9.99. The number of amides is 1. The second-order valence-electron chi connectivity index (χ2n) is 6.78. The molecular formula is C18H22N4O6S. The van der Waals surface area contributed by atoms with Crippen LogP contribution in [0.3, 0.4) is 0 Å². The molecule has 1 aliphatic rings. The van der Waals surface area contributed by atoms with Crippen molar-refractivity contribution in [2.24, 2.45) is 5.92 Å². The van der Waals surface area contributed by atoms with Crippen LogP contribution in [0, 0.1) is 12.8 Å². The quantitative estimate of drug-likeness (QED) is 0.638. The molecule has 1 aromatic carbocycles. The first-order valence-corrected chi connectivity index (χ1v) is 10.4. The molecule has 1 atom stereocenters. The van der Waals surface area contributed by atoms with E-state index in [0.29, 0.717) is 24.3 Å². The summed E-state index contributed by atoms with van der Waals surface area (Å²) in [6, 6.07) is 6.80. The Hall–Kier alpha value is -2.92. The van der Waals surface area contributed by atoms with Crippen molar-refractivity contribution in [1.29, 1.82) is 0 Å². The number of aromatic nitrogens is 2. The molecule has 0 bridgehead atoms. The fraction of sp³-hybridized carbons (Fsp3) is 0.389. The van der Waals surface area contributed by atoms with E-state index in [1.807, 2.05) is 4.98 Å². The van der Waals surface area contributed by atoms with E-state index in [9.17, 15) is 22.8 Å². The highest BCUT2D eigenvalue weighted by molar-refractivity contribution is 7.89. The summed E-state index contributed by atoms with van der Waals surface area (Å²) in [6.07, 6.45) is 0.995. The van der Waals surface area contributed by atoms with Crippen LogP contribution in [-0.4, -0.2) is 48.8 Å². The number of carbonyl (C=O) groups is 1. The van der Waals surface area contributed by atoms with Gasteiger partial charge < -0.3 is 15.0 Å². The lowest BCUT2D eigenvalue weighted by Gasteiger charge is -2.31.